The molecule has 1 fully saturated rings. The first-order valence-corrected chi connectivity index (χ1v) is 27.8. The number of hydrogen-bond acceptors (Lipinski definition) is 1. The maximum absolute atomic E-state index is 2.96. The van der Waals surface area contributed by atoms with Gasteiger partial charge < -0.3 is 14.0 Å². The van der Waals surface area contributed by atoms with Gasteiger partial charge in [0.15, 0.2) is 8.07 Å². The summed E-state index contributed by atoms with van der Waals surface area (Å²) in [7, 11) is -2.96. The van der Waals surface area contributed by atoms with E-state index >= 15 is 0 Å². The second-order valence-corrected chi connectivity index (χ2v) is 24.6. The van der Waals surface area contributed by atoms with Gasteiger partial charge in [-0.1, -0.05) is 202 Å². The largest absolute Gasteiger partial charge is 0.334 e. The standard InChI is InChI=1S/C68H55N3Si/c1-67-42-18-19-43-68(67,2)71(66-37-17-14-34-61(66)67)52-39-41-65-60(47-52)59-46-51(70-62-35-15-12-32-57(62)58-33-13-16-36-63(58)70)38-40-64(59)69(65)50-25-21-31-56(45-50)72(53-26-8-4-9-27-53,54-28-10-5-11-29-54)55-30-20-24-49(44-55)48-22-6-3-7-23-48/h3-17,20-41,44-47H,18-19,42-43H2,1-2H3. The van der Waals surface area contributed by atoms with Gasteiger partial charge in [-0.15, -0.1) is 0 Å². The van der Waals surface area contributed by atoms with Crippen LogP contribution in [0, 0.1) is 0 Å². The van der Waals surface area contributed by atoms with E-state index in [2.05, 4.69) is 277 Å². The molecule has 1 saturated carbocycles. The second-order valence-electron chi connectivity index (χ2n) is 20.8. The van der Waals surface area contributed by atoms with E-state index in [1.54, 1.807) is 0 Å². The van der Waals surface area contributed by atoms with Crippen molar-refractivity contribution in [3.63, 3.8) is 0 Å². The lowest BCUT2D eigenvalue weighted by molar-refractivity contribution is 0.195. The first kappa shape index (κ1) is 42.7. The maximum Gasteiger partial charge on any atom is 0.179 e. The molecule has 10 aromatic carbocycles. The fraction of sp³-hybridized carbons (Fsp3) is 0.118. The Hall–Kier alpha value is -8.18. The van der Waals surface area contributed by atoms with Gasteiger partial charge >= 0.3 is 0 Å². The lowest BCUT2D eigenvalue weighted by Gasteiger charge is -2.50. The van der Waals surface area contributed by atoms with E-state index in [-0.39, 0.29) is 11.0 Å². The van der Waals surface area contributed by atoms with Gasteiger partial charge in [-0.25, -0.2) is 0 Å². The summed E-state index contributed by atoms with van der Waals surface area (Å²) in [5.41, 5.74) is 13.7. The zero-order valence-corrected chi connectivity index (χ0v) is 41.8. The first-order valence-electron chi connectivity index (χ1n) is 25.8. The third-order valence-corrected chi connectivity index (χ3v) is 21.9. The van der Waals surface area contributed by atoms with Gasteiger partial charge in [0, 0.05) is 49.7 Å². The number of fused-ring (bicyclic) bond motifs is 9. The summed E-state index contributed by atoms with van der Waals surface area (Å²) in [4.78, 5) is 2.73. The van der Waals surface area contributed by atoms with Crippen LogP contribution in [0.1, 0.15) is 45.1 Å². The van der Waals surface area contributed by atoms with Gasteiger partial charge in [0.1, 0.15) is 0 Å². The van der Waals surface area contributed by atoms with Crippen molar-refractivity contribution in [2.45, 2.75) is 50.5 Å². The van der Waals surface area contributed by atoms with Crippen LogP contribution in [0.25, 0.3) is 66.1 Å². The number of benzene rings is 10. The van der Waals surface area contributed by atoms with E-state index in [1.807, 2.05) is 0 Å². The quantitative estimate of drug-likeness (QED) is 0.109. The molecule has 1 aliphatic heterocycles. The van der Waals surface area contributed by atoms with Crippen molar-refractivity contribution in [2.24, 2.45) is 0 Å². The normalized spacial score (nSPS) is 17.7. The highest BCUT2D eigenvalue weighted by Gasteiger charge is 2.57. The first-order chi connectivity index (χ1) is 35.5. The summed E-state index contributed by atoms with van der Waals surface area (Å²) in [5.74, 6) is 0. The zero-order valence-electron chi connectivity index (χ0n) is 40.8. The molecule has 3 heterocycles. The Balaban J connectivity index is 1.03. The van der Waals surface area contributed by atoms with Crippen molar-refractivity contribution in [1.29, 1.82) is 0 Å². The average Bonchev–Trinajstić information content (AvgIpc) is 4.03. The van der Waals surface area contributed by atoms with Gasteiger partial charge in [0.25, 0.3) is 0 Å². The minimum absolute atomic E-state index is 0.0515. The molecule has 3 nitrogen and oxygen atoms in total. The molecule has 2 unspecified atom stereocenters. The molecule has 14 rings (SSSR count). The molecule has 0 radical (unpaired) electrons. The highest BCUT2D eigenvalue weighted by molar-refractivity contribution is 7.20. The number of para-hydroxylation sites is 3. The van der Waals surface area contributed by atoms with Crippen LogP contribution in [0.2, 0.25) is 0 Å². The Morgan fingerprint density at radius 3 is 1.49 bits per heavy atom. The summed E-state index contributed by atoms with van der Waals surface area (Å²) in [5, 5.41) is 10.4. The number of nitrogens with zero attached hydrogens (tertiary/aromatic N) is 3. The number of anilines is 2. The lowest BCUT2D eigenvalue weighted by Crippen LogP contribution is -2.74. The van der Waals surface area contributed by atoms with Crippen molar-refractivity contribution in [2.75, 3.05) is 4.90 Å². The highest BCUT2D eigenvalue weighted by Crippen LogP contribution is 2.61. The third kappa shape index (κ3) is 6.15. The molecule has 0 saturated heterocycles. The van der Waals surface area contributed by atoms with Crippen molar-refractivity contribution >= 4 is 83.8 Å². The van der Waals surface area contributed by atoms with Crippen LogP contribution in [-0.4, -0.2) is 22.7 Å². The summed E-state index contributed by atoms with van der Waals surface area (Å²) in [6.07, 6.45) is 4.86. The fourth-order valence-electron chi connectivity index (χ4n) is 13.7. The average molecular weight is 942 g/mol. The monoisotopic (exact) mass is 941 g/mol. The minimum atomic E-state index is -2.96. The van der Waals surface area contributed by atoms with E-state index < -0.39 is 8.07 Å². The molecule has 0 N–H and O–H groups in total. The van der Waals surface area contributed by atoms with Crippen molar-refractivity contribution in [1.82, 2.24) is 9.13 Å². The minimum Gasteiger partial charge on any atom is -0.334 e. The Kier molecular flexibility index (Phi) is 9.75. The van der Waals surface area contributed by atoms with Crippen molar-refractivity contribution in [3.8, 4) is 22.5 Å². The second kappa shape index (κ2) is 16.4. The van der Waals surface area contributed by atoms with Crippen LogP contribution < -0.4 is 25.6 Å². The Morgan fingerprint density at radius 2 is 0.819 bits per heavy atom. The molecule has 2 aromatic heterocycles. The fourth-order valence-corrected chi connectivity index (χ4v) is 18.5. The smallest absolute Gasteiger partial charge is 0.179 e. The van der Waals surface area contributed by atoms with Gasteiger partial charge in [-0.3, -0.25) is 0 Å². The van der Waals surface area contributed by atoms with Gasteiger partial charge in [-0.2, -0.15) is 0 Å². The van der Waals surface area contributed by atoms with Crippen LogP contribution in [-0.2, 0) is 5.41 Å². The van der Waals surface area contributed by atoms with Crippen LogP contribution in [0.5, 0.6) is 0 Å². The van der Waals surface area contributed by atoms with Gasteiger partial charge in [-0.05, 0) is 124 Å². The molecule has 0 spiro atoms. The number of hydrogen-bond donors (Lipinski definition) is 0. The summed E-state index contributed by atoms with van der Waals surface area (Å²) < 4.78 is 5.01. The van der Waals surface area contributed by atoms with E-state index in [0.29, 0.717) is 0 Å². The predicted octanol–water partition coefficient (Wildman–Crippen LogP) is 14.7. The number of aromatic nitrogens is 2. The van der Waals surface area contributed by atoms with Crippen LogP contribution in [0.3, 0.4) is 0 Å². The van der Waals surface area contributed by atoms with Crippen LogP contribution in [0.15, 0.2) is 249 Å². The predicted molar refractivity (Wildman–Crippen MR) is 307 cm³/mol. The molecular weight excluding hydrogens is 887 g/mol. The SMILES string of the molecule is CC12CCCCC1(C)N(c1ccc3c(c1)c1cc(-n4c5ccccc5c5ccccc54)ccc1n3-c1cccc([Si](c3ccccc3)(c3ccccc3)c3cccc(-c4ccccc4)c3)c1)c1ccccc12. The molecule has 2 aliphatic rings. The van der Waals surface area contributed by atoms with E-state index in [0.717, 1.165) is 17.8 Å². The van der Waals surface area contributed by atoms with Crippen LogP contribution in [0.4, 0.5) is 11.4 Å². The highest BCUT2D eigenvalue weighted by atomic mass is 28.3. The molecule has 12 aromatic rings. The molecule has 1 aliphatic carbocycles. The molecule has 4 heteroatoms. The van der Waals surface area contributed by atoms with Crippen LogP contribution >= 0.6 is 0 Å². The summed E-state index contributed by atoms with van der Waals surface area (Å²) >= 11 is 0. The molecular formula is C68H55N3Si. The summed E-state index contributed by atoms with van der Waals surface area (Å²) in [6, 6.07) is 94.0. The van der Waals surface area contributed by atoms with E-state index in [9.17, 15) is 0 Å². The van der Waals surface area contributed by atoms with Gasteiger partial charge in [0.05, 0.1) is 27.6 Å². The van der Waals surface area contributed by atoms with Crippen molar-refractivity contribution < 1.29 is 0 Å². The molecule has 2 atom stereocenters. The zero-order chi connectivity index (χ0) is 48.0. The third-order valence-electron chi connectivity index (χ3n) is 17.2. The maximum atomic E-state index is 2.73. The molecule has 346 valence electrons. The molecule has 0 bridgehead atoms. The summed E-state index contributed by atoms with van der Waals surface area (Å²) in [6.45, 7) is 5.07. The Morgan fingerprint density at radius 1 is 0.347 bits per heavy atom. The number of rotatable bonds is 8. The van der Waals surface area contributed by atoms with Gasteiger partial charge in [0.2, 0.25) is 0 Å². The molecule has 0 amide bonds. The topological polar surface area (TPSA) is 13.1 Å². The molecule has 72 heavy (non-hydrogen) atoms. The van der Waals surface area contributed by atoms with E-state index in [1.165, 1.54) is 112 Å². The Bertz CT molecular complexity index is 3950. The lowest BCUT2D eigenvalue weighted by atomic mass is 9.61. The Labute approximate surface area is 422 Å². The van der Waals surface area contributed by atoms with Crippen molar-refractivity contribution in [3.05, 3.63) is 254 Å². The van der Waals surface area contributed by atoms with E-state index in [4.69, 9.17) is 0 Å².